The Kier molecular flexibility index (Phi) is 4.97. The Morgan fingerprint density at radius 1 is 0.880 bits per heavy atom. The summed E-state index contributed by atoms with van der Waals surface area (Å²) >= 11 is 5.94. The topological polar surface area (TPSA) is 55.4 Å². The van der Waals surface area contributed by atoms with Crippen molar-refractivity contribution < 1.29 is 13.2 Å². The van der Waals surface area contributed by atoms with Gasteiger partial charge in [0.2, 0.25) is 0 Å². The first-order chi connectivity index (χ1) is 11.9. The largest absolute Gasteiger partial charge is 0.457 e. The quantitative estimate of drug-likeness (QED) is 0.665. The van der Waals surface area contributed by atoms with E-state index < -0.39 is 10.0 Å². The molecule has 0 saturated carbocycles. The maximum Gasteiger partial charge on any atom is 0.261 e. The van der Waals surface area contributed by atoms with Gasteiger partial charge in [-0.25, -0.2) is 8.42 Å². The van der Waals surface area contributed by atoms with Crippen molar-refractivity contribution in [2.75, 3.05) is 4.72 Å². The van der Waals surface area contributed by atoms with Crippen molar-refractivity contribution in [2.24, 2.45) is 0 Å². The minimum absolute atomic E-state index is 0.146. The van der Waals surface area contributed by atoms with E-state index in [1.807, 2.05) is 37.3 Å². The summed E-state index contributed by atoms with van der Waals surface area (Å²) in [5.74, 6) is 1.25. The first kappa shape index (κ1) is 17.3. The molecule has 25 heavy (non-hydrogen) atoms. The third kappa shape index (κ3) is 4.32. The molecule has 0 heterocycles. The molecule has 0 bridgehead atoms. The Balaban J connectivity index is 1.79. The molecule has 0 aromatic heterocycles. The Labute approximate surface area is 152 Å². The highest BCUT2D eigenvalue weighted by Gasteiger charge is 2.15. The average Bonchev–Trinajstić information content (AvgIpc) is 2.59. The molecule has 0 atom stereocenters. The Bertz CT molecular complexity index is 971. The number of benzene rings is 3. The van der Waals surface area contributed by atoms with Crippen LogP contribution in [-0.2, 0) is 10.0 Å². The van der Waals surface area contributed by atoms with Gasteiger partial charge in [0.25, 0.3) is 10.0 Å². The number of halogens is 1. The molecule has 128 valence electrons. The summed E-state index contributed by atoms with van der Waals surface area (Å²) in [6, 6.07) is 20.6. The molecule has 0 saturated heterocycles. The van der Waals surface area contributed by atoms with E-state index in [0.717, 1.165) is 5.56 Å². The SMILES string of the molecule is Cc1ccc(Cl)cc1NS(=O)(=O)c1ccc(Oc2ccccc2)cc1. The van der Waals surface area contributed by atoms with Crippen molar-refractivity contribution in [2.45, 2.75) is 11.8 Å². The number of aryl methyl sites for hydroxylation is 1. The number of para-hydroxylation sites is 1. The highest BCUT2D eigenvalue weighted by atomic mass is 35.5. The number of sulfonamides is 1. The van der Waals surface area contributed by atoms with Gasteiger partial charge >= 0.3 is 0 Å². The zero-order valence-corrected chi connectivity index (χ0v) is 15.0. The molecule has 0 amide bonds. The summed E-state index contributed by atoms with van der Waals surface area (Å²) in [4.78, 5) is 0.146. The van der Waals surface area contributed by atoms with Gasteiger partial charge in [-0.2, -0.15) is 0 Å². The fourth-order valence-electron chi connectivity index (χ4n) is 2.22. The van der Waals surface area contributed by atoms with Crippen LogP contribution in [0.3, 0.4) is 0 Å². The van der Waals surface area contributed by atoms with Crippen LogP contribution in [0.2, 0.25) is 5.02 Å². The average molecular weight is 374 g/mol. The summed E-state index contributed by atoms with van der Waals surface area (Å²) in [5.41, 5.74) is 1.24. The summed E-state index contributed by atoms with van der Waals surface area (Å²) in [6.45, 7) is 1.81. The van der Waals surface area contributed by atoms with Crippen LogP contribution >= 0.6 is 11.6 Å². The first-order valence-corrected chi connectivity index (χ1v) is 9.42. The van der Waals surface area contributed by atoms with Crippen LogP contribution in [0.5, 0.6) is 11.5 Å². The predicted octanol–water partition coefficient (Wildman–Crippen LogP) is 5.24. The summed E-state index contributed by atoms with van der Waals surface area (Å²) in [5, 5.41) is 0.468. The second-order valence-corrected chi connectivity index (χ2v) is 7.57. The van der Waals surface area contributed by atoms with Crippen LogP contribution in [0.15, 0.2) is 77.7 Å². The summed E-state index contributed by atoms with van der Waals surface area (Å²) in [6.07, 6.45) is 0. The van der Waals surface area contributed by atoms with Crippen LogP contribution in [0, 0.1) is 6.92 Å². The van der Waals surface area contributed by atoms with Crippen LogP contribution in [0.1, 0.15) is 5.56 Å². The lowest BCUT2D eigenvalue weighted by molar-refractivity contribution is 0.482. The van der Waals surface area contributed by atoms with Crippen molar-refractivity contribution in [1.82, 2.24) is 0 Å². The Morgan fingerprint density at radius 3 is 2.20 bits per heavy atom. The molecule has 1 N–H and O–H groups in total. The predicted molar refractivity (Wildman–Crippen MR) is 100.0 cm³/mol. The molecule has 0 radical (unpaired) electrons. The zero-order chi connectivity index (χ0) is 17.9. The molecule has 6 heteroatoms. The van der Waals surface area contributed by atoms with Crippen LogP contribution in [0.25, 0.3) is 0 Å². The minimum Gasteiger partial charge on any atom is -0.457 e. The Morgan fingerprint density at radius 2 is 1.52 bits per heavy atom. The van der Waals surface area contributed by atoms with Gasteiger partial charge in [-0.15, -0.1) is 0 Å². The number of anilines is 1. The van der Waals surface area contributed by atoms with Gasteiger partial charge in [-0.05, 0) is 61.0 Å². The molecular weight excluding hydrogens is 358 g/mol. The van der Waals surface area contributed by atoms with E-state index in [2.05, 4.69) is 4.72 Å². The maximum absolute atomic E-state index is 12.5. The van der Waals surface area contributed by atoms with Gasteiger partial charge in [-0.3, -0.25) is 4.72 Å². The van der Waals surface area contributed by atoms with Crippen molar-refractivity contribution in [3.63, 3.8) is 0 Å². The summed E-state index contributed by atoms with van der Waals surface area (Å²) in [7, 11) is -3.71. The smallest absolute Gasteiger partial charge is 0.261 e. The minimum atomic E-state index is -3.71. The second kappa shape index (κ2) is 7.17. The van der Waals surface area contributed by atoms with E-state index in [-0.39, 0.29) is 4.90 Å². The maximum atomic E-state index is 12.5. The normalized spacial score (nSPS) is 11.1. The number of ether oxygens (including phenoxy) is 1. The molecular formula is C19H16ClNO3S. The van der Waals surface area contributed by atoms with Crippen LogP contribution in [-0.4, -0.2) is 8.42 Å². The molecule has 0 aliphatic rings. The number of rotatable bonds is 5. The van der Waals surface area contributed by atoms with Gasteiger partial charge < -0.3 is 4.74 Å². The van der Waals surface area contributed by atoms with Gasteiger partial charge in [0.15, 0.2) is 0 Å². The van der Waals surface area contributed by atoms with Crippen LogP contribution < -0.4 is 9.46 Å². The number of nitrogens with one attached hydrogen (secondary N) is 1. The van der Waals surface area contributed by atoms with E-state index in [4.69, 9.17) is 16.3 Å². The lowest BCUT2D eigenvalue weighted by Gasteiger charge is -2.11. The highest BCUT2D eigenvalue weighted by Crippen LogP contribution is 2.26. The Hall–Kier alpha value is -2.50. The van der Waals surface area contributed by atoms with E-state index >= 15 is 0 Å². The fourth-order valence-corrected chi connectivity index (χ4v) is 3.51. The van der Waals surface area contributed by atoms with Gasteiger partial charge in [0.1, 0.15) is 11.5 Å². The van der Waals surface area contributed by atoms with E-state index in [0.29, 0.717) is 22.2 Å². The van der Waals surface area contributed by atoms with E-state index in [9.17, 15) is 8.42 Å². The molecule has 0 aliphatic heterocycles. The van der Waals surface area contributed by atoms with Gasteiger partial charge in [0.05, 0.1) is 10.6 Å². The molecule has 3 rings (SSSR count). The number of hydrogen-bond acceptors (Lipinski definition) is 3. The van der Waals surface area contributed by atoms with Gasteiger partial charge in [-0.1, -0.05) is 35.9 Å². The fraction of sp³-hybridized carbons (Fsp3) is 0.0526. The van der Waals surface area contributed by atoms with E-state index in [1.54, 1.807) is 30.3 Å². The molecule has 0 unspecified atom stereocenters. The molecule has 0 aliphatic carbocycles. The lowest BCUT2D eigenvalue weighted by atomic mass is 10.2. The van der Waals surface area contributed by atoms with Crippen molar-refractivity contribution in [3.8, 4) is 11.5 Å². The first-order valence-electron chi connectivity index (χ1n) is 7.56. The van der Waals surface area contributed by atoms with Crippen molar-refractivity contribution in [3.05, 3.63) is 83.4 Å². The molecule has 0 fully saturated rings. The monoisotopic (exact) mass is 373 g/mol. The lowest BCUT2D eigenvalue weighted by Crippen LogP contribution is -2.13. The molecule has 3 aromatic rings. The van der Waals surface area contributed by atoms with Crippen molar-refractivity contribution in [1.29, 1.82) is 0 Å². The van der Waals surface area contributed by atoms with Crippen molar-refractivity contribution >= 4 is 27.3 Å². The van der Waals surface area contributed by atoms with Crippen LogP contribution in [0.4, 0.5) is 5.69 Å². The third-order valence-electron chi connectivity index (χ3n) is 3.56. The third-order valence-corrected chi connectivity index (χ3v) is 5.17. The molecule has 0 spiro atoms. The highest BCUT2D eigenvalue weighted by molar-refractivity contribution is 7.92. The molecule has 3 aromatic carbocycles. The van der Waals surface area contributed by atoms with Gasteiger partial charge in [0, 0.05) is 5.02 Å². The second-order valence-electron chi connectivity index (χ2n) is 5.45. The summed E-state index contributed by atoms with van der Waals surface area (Å²) < 4.78 is 33.3. The zero-order valence-electron chi connectivity index (χ0n) is 13.4. The standard InChI is InChI=1S/C19H16ClNO3S/c1-14-7-8-15(20)13-19(14)21-25(22,23)18-11-9-17(10-12-18)24-16-5-3-2-4-6-16/h2-13,21H,1H3. The van der Waals surface area contributed by atoms with E-state index in [1.165, 1.54) is 12.1 Å². The number of hydrogen-bond donors (Lipinski definition) is 1. The molecule has 4 nitrogen and oxygen atoms in total.